The molecule has 4 nitrogen and oxygen atoms in total. The highest BCUT2D eigenvalue weighted by molar-refractivity contribution is 5.72. The van der Waals surface area contributed by atoms with Gasteiger partial charge in [0.1, 0.15) is 23.1 Å². The van der Waals surface area contributed by atoms with Crippen LogP contribution in [0.15, 0.2) is 30.3 Å². The van der Waals surface area contributed by atoms with E-state index in [0.29, 0.717) is 17.1 Å². The Kier molecular flexibility index (Phi) is 2.17. The van der Waals surface area contributed by atoms with Crippen LogP contribution in [-0.4, -0.2) is 9.78 Å². The van der Waals surface area contributed by atoms with Gasteiger partial charge in [-0.15, -0.1) is 0 Å². The van der Waals surface area contributed by atoms with Gasteiger partial charge in [0.2, 0.25) is 0 Å². The lowest BCUT2D eigenvalue weighted by atomic mass is 10.1. The summed E-state index contributed by atoms with van der Waals surface area (Å²) in [5, 5.41) is 13.8. The second-order valence-corrected chi connectivity index (χ2v) is 5.00. The first-order valence-corrected chi connectivity index (χ1v) is 6.00. The Labute approximate surface area is 106 Å². The summed E-state index contributed by atoms with van der Waals surface area (Å²) in [6.45, 7) is 2.12. The molecule has 0 atom stereocenters. The van der Waals surface area contributed by atoms with Gasteiger partial charge in [0.25, 0.3) is 0 Å². The molecule has 1 heterocycles. The Morgan fingerprint density at radius 2 is 2.00 bits per heavy atom. The zero-order valence-corrected chi connectivity index (χ0v) is 10.2. The largest absolute Gasteiger partial charge is 0.383 e. The predicted octanol–water partition coefficient (Wildman–Crippen LogP) is 2.51. The summed E-state index contributed by atoms with van der Waals surface area (Å²) >= 11 is 0. The molecule has 2 N–H and O–H groups in total. The fourth-order valence-electron chi connectivity index (χ4n) is 2.14. The van der Waals surface area contributed by atoms with Crippen LogP contribution in [0.2, 0.25) is 0 Å². The van der Waals surface area contributed by atoms with Gasteiger partial charge in [-0.25, -0.2) is 4.68 Å². The van der Waals surface area contributed by atoms with Crippen molar-refractivity contribution < 1.29 is 0 Å². The van der Waals surface area contributed by atoms with Gasteiger partial charge in [-0.2, -0.15) is 10.4 Å². The molecule has 2 aromatic rings. The summed E-state index contributed by atoms with van der Waals surface area (Å²) in [5.74, 6) is 0.483. The molecule has 4 heteroatoms. The third kappa shape index (κ3) is 1.48. The molecule has 1 aliphatic rings. The number of nitriles is 1. The van der Waals surface area contributed by atoms with Crippen LogP contribution < -0.4 is 5.73 Å². The van der Waals surface area contributed by atoms with E-state index < -0.39 is 0 Å². The van der Waals surface area contributed by atoms with E-state index in [1.165, 1.54) is 0 Å². The average molecular weight is 238 g/mol. The fraction of sp³-hybridized carbons (Fsp3) is 0.286. The van der Waals surface area contributed by atoms with E-state index in [1.807, 2.05) is 35.0 Å². The molecule has 1 saturated carbocycles. The Bertz CT molecular complexity index is 630. The first-order chi connectivity index (χ1) is 8.65. The number of nitrogens with zero attached hydrogens (tertiary/aromatic N) is 3. The highest BCUT2D eigenvalue weighted by Crippen LogP contribution is 2.45. The minimum atomic E-state index is 0.00269. The monoisotopic (exact) mass is 238 g/mol. The number of benzene rings is 1. The third-order valence-electron chi connectivity index (χ3n) is 3.57. The SMILES string of the molecule is CC1(n2nc(-c3ccccc3)c(C#N)c2N)CC1. The van der Waals surface area contributed by atoms with Crippen molar-refractivity contribution in [1.82, 2.24) is 9.78 Å². The second-order valence-electron chi connectivity index (χ2n) is 5.00. The smallest absolute Gasteiger partial charge is 0.141 e. The van der Waals surface area contributed by atoms with Crippen LogP contribution in [0, 0.1) is 11.3 Å². The number of rotatable bonds is 2. The molecule has 0 amide bonds. The Balaban J connectivity index is 2.19. The first-order valence-electron chi connectivity index (χ1n) is 6.00. The standard InChI is InChI=1S/C14H14N4/c1-14(7-8-14)18-13(16)11(9-15)12(17-18)10-5-3-2-4-6-10/h2-6H,7-8,16H2,1H3. The summed E-state index contributed by atoms with van der Waals surface area (Å²) < 4.78 is 1.81. The summed E-state index contributed by atoms with van der Waals surface area (Å²) in [5.41, 5.74) is 8.16. The van der Waals surface area contributed by atoms with Crippen LogP contribution in [0.1, 0.15) is 25.3 Å². The van der Waals surface area contributed by atoms with Crippen LogP contribution in [0.25, 0.3) is 11.3 Å². The van der Waals surface area contributed by atoms with Gasteiger partial charge in [0.05, 0.1) is 5.54 Å². The van der Waals surface area contributed by atoms with Crippen molar-refractivity contribution >= 4 is 5.82 Å². The van der Waals surface area contributed by atoms with Crippen molar-refractivity contribution in [1.29, 1.82) is 5.26 Å². The molecule has 3 rings (SSSR count). The zero-order valence-electron chi connectivity index (χ0n) is 10.2. The Morgan fingerprint density at radius 1 is 1.33 bits per heavy atom. The van der Waals surface area contributed by atoms with Gasteiger partial charge in [-0.3, -0.25) is 0 Å². The molecule has 0 unspecified atom stereocenters. The van der Waals surface area contributed by atoms with E-state index in [4.69, 9.17) is 5.73 Å². The van der Waals surface area contributed by atoms with Gasteiger partial charge >= 0.3 is 0 Å². The minimum absolute atomic E-state index is 0.00269. The number of hydrogen-bond acceptors (Lipinski definition) is 3. The van der Waals surface area contributed by atoms with Crippen LogP contribution in [0.5, 0.6) is 0 Å². The molecule has 1 fully saturated rings. The molecule has 1 aromatic carbocycles. The van der Waals surface area contributed by atoms with E-state index in [2.05, 4.69) is 18.1 Å². The van der Waals surface area contributed by atoms with Crippen molar-refractivity contribution in [3.05, 3.63) is 35.9 Å². The zero-order chi connectivity index (χ0) is 12.8. The molecule has 1 aromatic heterocycles. The second kappa shape index (κ2) is 3.61. The maximum atomic E-state index is 9.28. The molecular formula is C14H14N4. The lowest BCUT2D eigenvalue weighted by molar-refractivity contribution is 0.481. The molecule has 0 bridgehead atoms. The number of hydrogen-bond donors (Lipinski definition) is 1. The van der Waals surface area contributed by atoms with Crippen molar-refractivity contribution in [2.75, 3.05) is 5.73 Å². The number of aromatic nitrogens is 2. The average Bonchev–Trinajstić information content (AvgIpc) is 3.03. The summed E-state index contributed by atoms with van der Waals surface area (Å²) in [7, 11) is 0. The van der Waals surface area contributed by atoms with E-state index in [9.17, 15) is 5.26 Å². The number of nitrogens with two attached hydrogens (primary N) is 1. The molecule has 0 saturated heterocycles. The highest BCUT2D eigenvalue weighted by atomic mass is 15.4. The van der Waals surface area contributed by atoms with Gasteiger partial charge in [-0.1, -0.05) is 30.3 Å². The minimum Gasteiger partial charge on any atom is -0.383 e. The first kappa shape index (κ1) is 10.8. The Morgan fingerprint density at radius 3 is 2.56 bits per heavy atom. The van der Waals surface area contributed by atoms with E-state index in [0.717, 1.165) is 18.4 Å². The quantitative estimate of drug-likeness (QED) is 0.874. The summed E-state index contributed by atoms with van der Waals surface area (Å²) in [4.78, 5) is 0. The maximum absolute atomic E-state index is 9.28. The summed E-state index contributed by atoms with van der Waals surface area (Å²) in [6.07, 6.45) is 2.13. The van der Waals surface area contributed by atoms with E-state index in [-0.39, 0.29) is 5.54 Å². The van der Waals surface area contributed by atoms with Gasteiger partial charge < -0.3 is 5.73 Å². The molecule has 18 heavy (non-hydrogen) atoms. The van der Waals surface area contributed by atoms with Gasteiger partial charge in [-0.05, 0) is 19.8 Å². The van der Waals surface area contributed by atoms with Crippen molar-refractivity contribution in [2.45, 2.75) is 25.3 Å². The molecule has 0 radical (unpaired) electrons. The van der Waals surface area contributed by atoms with Crippen LogP contribution >= 0.6 is 0 Å². The number of nitrogen functional groups attached to an aromatic ring is 1. The maximum Gasteiger partial charge on any atom is 0.141 e. The Hall–Kier alpha value is -2.28. The molecule has 90 valence electrons. The predicted molar refractivity (Wildman–Crippen MR) is 69.7 cm³/mol. The van der Waals surface area contributed by atoms with Gasteiger partial charge in [0, 0.05) is 5.56 Å². The molecule has 0 aliphatic heterocycles. The fourth-order valence-corrected chi connectivity index (χ4v) is 2.14. The highest BCUT2D eigenvalue weighted by Gasteiger charge is 2.42. The van der Waals surface area contributed by atoms with Crippen molar-refractivity contribution in [3.63, 3.8) is 0 Å². The topological polar surface area (TPSA) is 67.6 Å². The van der Waals surface area contributed by atoms with Crippen LogP contribution in [-0.2, 0) is 5.54 Å². The lowest BCUT2D eigenvalue weighted by Gasteiger charge is -2.10. The van der Waals surface area contributed by atoms with Crippen LogP contribution in [0.4, 0.5) is 5.82 Å². The molecule has 1 aliphatic carbocycles. The van der Waals surface area contributed by atoms with Crippen molar-refractivity contribution in [2.24, 2.45) is 0 Å². The van der Waals surface area contributed by atoms with Crippen molar-refractivity contribution in [3.8, 4) is 17.3 Å². The van der Waals surface area contributed by atoms with Crippen LogP contribution in [0.3, 0.4) is 0 Å². The lowest BCUT2D eigenvalue weighted by Crippen LogP contribution is -2.16. The third-order valence-corrected chi connectivity index (χ3v) is 3.57. The normalized spacial score (nSPS) is 16.2. The molecular weight excluding hydrogens is 224 g/mol. The van der Waals surface area contributed by atoms with E-state index >= 15 is 0 Å². The molecule has 0 spiro atoms. The van der Waals surface area contributed by atoms with E-state index in [1.54, 1.807) is 0 Å². The van der Waals surface area contributed by atoms with Gasteiger partial charge in [0.15, 0.2) is 0 Å². The summed E-state index contributed by atoms with van der Waals surface area (Å²) in [6, 6.07) is 11.9. The number of anilines is 1.